The maximum absolute atomic E-state index is 13.7. The van der Waals surface area contributed by atoms with Crippen LogP contribution in [0, 0.1) is 11.8 Å². The van der Waals surface area contributed by atoms with Gasteiger partial charge in [0.25, 0.3) is 0 Å². The number of amides is 4. The third-order valence-corrected chi connectivity index (χ3v) is 10.5. The number of benzene rings is 1. The number of nitrogens with zero attached hydrogens (tertiary/aromatic N) is 6. The fraction of sp³-hybridized carbons (Fsp3) is 0.629. The summed E-state index contributed by atoms with van der Waals surface area (Å²) in [6.07, 6.45) is 9.47. The van der Waals surface area contributed by atoms with Gasteiger partial charge in [-0.05, 0) is 56.7 Å². The van der Waals surface area contributed by atoms with Crippen LogP contribution < -0.4 is 9.47 Å². The van der Waals surface area contributed by atoms with E-state index in [1.54, 1.807) is 19.2 Å². The molecular weight excluding hydrogens is 600 g/mol. The number of carbonyl (C=O) groups is 4. The molecule has 3 fully saturated rings. The minimum atomic E-state index is -0.168. The summed E-state index contributed by atoms with van der Waals surface area (Å²) in [6, 6.07) is 5.69. The highest BCUT2D eigenvalue weighted by Crippen LogP contribution is 2.38. The highest BCUT2D eigenvalue weighted by atomic mass is 16.5. The lowest BCUT2D eigenvalue weighted by molar-refractivity contribution is -0.143. The maximum Gasteiger partial charge on any atom is 0.247 e. The number of hydrogen-bond acceptors (Lipinski definition) is 8. The summed E-state index contributed by atoms with van der Waals surface area (Å²) >= 11 is 0. The van der Waals surface area contributed by atoms with Crippen LogP contribution in [0.1, 0.15) is 56.9 Å². The fourth-order valence-electron chi connectivity index (χ4n) is 7.63. The molecule has 3 saturated heterocycles. The van der Waals surface area contributed by atoms with Gasteiger partial charge in [-0.15, -0.1) is 0 Å². The van der Waals surface area contributed by atoms with Crippen LogP contribution in [0.25, 0.3) is 0 Å². The van der Waals surface area contributed by atoms with Gasteiger partial charge in [0.2, 0.25) is 23.6 Å². The first-order valence-electron chi connectivity index (χ1n) is 17.2. The lowest BCUT2D eigenvalue weighted by Gasteiger charge is -2.42. The number of fused-ring (bicyclic) bond motifs is 1. The van der Waals surface area contributed by atoms with Crippen molar-refractivity contribution in [1.29, 1.82) is 0 Å². The zero-order valence-corrected chi connectivity index (χ0v) is 27.8. The van der Waals surface area contributed by atoms with Gasteiger partial charge in [-0.2, -0.15) is 5.10 Å². The van der Waals surface area contributed by atoms with Crippen LogP contribution in [0.15, 0.2) is 35.5 Å². The van der Waals surface area contributed by atoms with Crippen LogP contribution >= 0.6 is 0 Å². The molecule has 0 bridgehead atoms. The second kappa shape index (κ2) is 14.9. The van der Waals surface area contributed by atoms with Crippen molar-refractivity contribution >= 4 is 29.3 Å². The van der Waals surface area contributed by atoms with Gasteiger partial charge in [0.1, 0.15) is 0 Å². The van der Waals surface area contributed by atoms with Crippen molar-refractivity contribution in [2.45, 2.75) is 57.4 Å². The van der Waals surface area contributed by atoms with E-state index in [1.165, 1.54) is 0 Å². The van der Waals surface area contributed by atoms with Crippen LogP contribution in [0.2, 0.25) is 0 Å². The van der Waals surface area contributed by atoms with E-state index in [1.807, 2.05) is 32.9 Å². The van der Waals surface area contributed by atoms with E-state index in [0.717, 1.165) is 43.6 Å². The van der Waals surface area contributed by atoms with E-state index in [4.69, 9.17) is 14.6 Å². The quantitative estimate of drug-likeness (QED) is 0.378. The Labute approximate surface area is 277 Å². The number of rotatable bonds is 9. The molecule has 4 heterocycles. The molecule has 0 N–H and O–H groups in total. The number of carbonyl (C=O) groups excluding carboxylic acids is 4. The molecule has 47 heavy (non-hydrogen) atoms. The Balaban J connectivity index is 1.00. The molecule has 2 atom stereocenters. The molecule has 1 aliphatic carbocycles. The summed E-state index contributed by atoms with van der Waals surface area (Å²) in [5.74, 6) is 1.30. The van der Waals surface area contributed by atoms with Gasteiger partial charge < -0.3 is 24.2 Å². The molecule has 12 heteroatoms. The number of piperidine rings is 1. The molecule has 0 spiro atoms. The molecule has 1 aromatic carbocycles. The Kier molecular flexibility index (Phi) is 10.4. The summed E-state index contributed by atoms with van der Waals surface area (Å²) in [5, 5.41) is 6.68. The van der Waals surface area contributed by atoms with E-state index < -0.39 is 0 Å². The number of piperazine rings is 1. The first-order valence-corrected chi connectivity index (χ1v) is 17.2. The van der Waals surface area contributed by atoms with Crippen molar-refractivity contribution in [3.63, 3.8) is 0 Å². The van der Waals surface area contributed by atoms with Gasteiger partial charge in [-0.1, -0.05) is 12.2 Å². The van der Waals surface area contributed by atoms with Crippen LogP contribution in [-0.4, -0.2) is 133 Å². The summed E-state index contributed by atoms with van der Waals surface area (Å²) in [5.41, 5.74) is 1.80. The SMILES string of the molecule is COc1ccc(C2=NN(C3CCN(C(=O)CCC(=O)N4CCN(CC(=O)N5CCCC5)CC4)CC3)C(=O)[C@@H]3CC=CC[C@H]23)cc1OC. The second-order valence-electron chi connectivity index (χ2n) is 13.3. The molecule has 4 aliphatic heterocycles. The van der Waals surface area contributed by atoms with Crippen molar-refractivity contribution in [1.82, 2.24) is 24.6 Å². The Morgan fingerprint density at radius 2 is 1.34 bits per heavy atom. The first-order chi connectivity index (χ1) is 22.9. The fourth-order valence-corrected chi connectivity index (χ4v) is 7.63. The van der Waals surface area contributed by atoms with Crippen LogP contribution in [0.4, 0.5) is 0 Å². The first kappa shape index (κ1) is 33.0. The summed E-state index contributed by atoms with van der Waals surface area (Å²) in [7, 11) is 3.22. The average Bonchev–Trinajstić information content (AvgIpc) is 3.67. The predicted molar refractivity (Wildman–Crippen MR) is 176 cm³/mol. The van der Waals surface area contributed by atoms with Gasteiger partial charge in [-0.3, -0.25) is 24.1 Å². The Morgan fingerprint density at radius 1 is 0.745 bits per heavy atom. The highest BCUT2D eigenvalue weighted by molar-refractivity contribution is 6.07. The lowest BCUT2D eigenvalue weighted by atomic mass is 9.76. The minimum Gasteiger partial charge on any atom is -0.493 e. The van der Waals surface area contributed by atoms with Gasteiger partial charge in [0.15, 0.2) is 11.5 Å². The van der Waals surface area contributed by atoms with Gasteiger partial charge in [-0.25, -0.2) is 5.01 Å². The van der Waals surface area contributed by atoms with Crippen molar-refractivity contribution in [3.05, 3.63) is 35.9 Å². The zero-order chi connectivity index (χ0) is 32.9. The molecule has 12 nitrogen and oxygen atoms in total. The molecule has 4 amide bonds. The van der Waals surface area contributed by atoms with Crippen LogP contribution in [0.3, 0.4) is 0 Å². The summed E-state index contributed by atoms with van der Waals surface area (Å²) in [6.45, 7) is 5.70. The van der Waals surface area contributed by atoms with Crippen molar-refractivity contribution in [2.24, 2.45) is 16.9 Å². The Hall–Kier alpha value is -3.93. The zero-order valence-electron chi connectivity index (χ0n) is 27.8. The Bertz CT molecular complexity index is 1390. The molecule has 0 saturated carbocycles. The van der Waals surface area contributed by atoms with E-state index in [9.17, 15) is 19.2 Å². The smallest absolute Gasteiger partial charge is 0.247 e. The largest absolute Gasteiger partial charge is 0.493 e. The van der Waals surface area contributed by atoms with Gasteiger partial charge >= 0.3 is 0 Å². The van der Waals surface area contributed by atoms with E-state index >= 15 is 0 Å². The van der Waals surface area contributed by atoms with E-state index in [2.05, 4.69) is 17.1 Å². The Morgan fingerprint density at radius 3 is 1.98 bits per heavy atom. The van der Waals surface area contributed by atoms with Crippen LogP contribution in [-0.2, 0) is 19.2 Å². The number of hydrazone groups is 1. The number of hydrogen-bond donors (Lipinski definition) is 0. The molecular formula is C35H48N6O6. The molecule has 0 aromatic heterocycles. The maximum atomic E-state index is 13.7. The monoisotopic (exact) mass is 648 g/mol. The third kappa shape index (κ3) is 7.32. The summed E-state index contributed by atoms with van der Waals surface area (Å²) < 4.78 is 11.0. The molecule has 0 radical (unpaired) electrons. The van der Waals surface area contributed by atoms with Gasteiger partial charge in [0, 0.05) is 76.7 Å². The normalized spacial score (nSPS) is 23.9. The van der Waals surface area contributed by atoms with E-state index in [-0.39, 0.29) is 54.3 Å². The molecule has 254 valence electrons. The minimum absolute atomic E-state index is 0.00134. The number of methoxy groups -OCH3 is 2. The second-order valence-corrected chi connectivity index (χ2v) is 13.3. The average molecular weight is 649 g/mol. The lowest BCUT2D eigenvalue weighted by Crippen LogP contribution is -2.53. The third-order valence-electron chi connectivity index (χ3n) is 10.5. The van der Waals surface area contributed by atoms with E-state index in [0.29, 0.717) is 76.6 Å². The van der Waals surface area contributed by atoms with Crippen molar-refractivity contribution in [2.75, 3.05) is 73.1 Å². The standard InChI is InChI=1S/C35H48N6O6/c1-46-29-10-9-25(23-30(29)47-2)34-27-7-3-4-8-28(27)35(45)41(36-34)26-13-17-39(18-14-26)31(42)11-12-32(43)40-21-19-37(20-22-40)24-33(44)38-15-5-6-16-38/h3-4,9-10,23,26-28H,5-8,11-22,24H2,1-2H3/t27-,28+/m0/s1. The van der Waals surface area contributed by atoms with Crippen LogP contribution in [0.5, 0.6) is 11.5 Å². The molecule has 0 unspecified atom stereocenters. The predicted octanol–water partition coefficient (Wildman–Crippen LogP) is 2.37. The molecule has 1 aromatic rings. The molecule has 6 rings (SSSR count). The van der Waals surface area contributed by atoms with Crippen molar-refractivity contribution in [3.8, 4) is 11.5 Å². The number of ether oxygens (including phenoxy) is 2. The number of allylic oxidation sites excluding steroid dienone is 2. The van der Waals surface area contributed by atoms with Gasteiger partial charge in [0.05, 0.1) is 38.4 Å². The summed E-state index contributed by atoms with van der Waals surface area (Å²) in [4.78, 5) is 60.0. The molecule has 5 aliphatic rings. The van der Waals surface area contributed by atoms with Crippen molar-refractivity contribution < 1.29 is 28.7 Å². The topological polar surface area (TPSA) is 115 Å². The number of likely N-dealkylation sites (tertiary alicyclic amines) is 2. The highest BCUT2D eigenvalue weighted by Gasteiger charge is 2.43.